The standard InChI is InChI=1S/C20H21NO2S/c22-20(19-12-14-6-1-4-11-18(14)24-19)21-15-7-5-10-17(13-15)23-16-8-2-3-9-16/h1,4-7,10-11,13,16,19H,2-3,8-9,12H2,(H,21,22). The SMILES string of the molecule is O=C(Nc1cccc(OC2CCCC2)c1)C1Cc2ccccc2S1. The molecule has 0 saturated heterocycles. The summed E-state index contributed by atoms with van der Waals surface area (Å²) in [5.41, 5.74) is 2.08. The van der Waals surface area contributed by atoms with Crippen molar-refractivity contribution in [3.8, 4) is 5.75 Å². The van der Waals surface area contributed by atoms with Crippen LogP contribution in [0.3, 0.4) is 0 Å². The number of benzene rings is 2. The Labute approximate surface area is 146 Å². The van der Waals surface area contributed by atoms with Gasteiger partial charge in [-0.2, -0.15) is 0 Å². The predicted molar refractivity (Wildman–Crippen MR) is 97.7 cm³/mol. The highest BCUT2D eigenvalue weighted by Crippen LogP contribution is 2.37. The number of ether oxygens (including phenoxy) is 1. The van der Waals surface area contributed by atoms with Crippen LogP contribution >= 0.6 is 11.8 Å². The number of carbonyl (C=O) groups excluding carboxylic acids is 1. The number of hydrogen-bond donors (Lipinski definition) is 1. The van der Waals surface area contributed by atoms with Gasteiger partial charge < -0.3 is 10.1 Å². The molecule has 0 aromatic heterocycles. The number of thioether (sulfide) groups is 1. The lowest BCUT2D eigenvalue weighted by Crippen LogP contribution is -2.24. The largest absolute Gasteiger partial charge is 0.490 e. The van der Waals surface area contributed by atoms with E-state index in [1.807, 2.05) is 36.4 Å². The van der Waals surface area contributed by atoms with Gasteiger partial charge in [-0.1, -0.05) is 24.3 Å². The van der Waals surface area contributed by atoms with Gasteiger partial charge in [-0.3, -0.25) is 4.79 Å². The topological polar surface area (TPSA) is 38.3 Å². The minimum Gasteiger partial charge on any atom is -0.490 e. The van der Waals surface area contributed by atoms with Gasteiger partial charge in [-0.05, 0) is 55.9 Å². The molecule has 1 amide bonds. The molecule has 2 aliphatic rings. The Kier molecular flexibility index (Phi) is 4.48. The van der Waals surface area contributed by atoms with E-state index in [2.05, 4.69) is 17.4 Å². The van der Waals surface area contributed by atoms with Crippen molar-refractivity contribution in [1.29, 1.82) is 0 Å². The van der Waals surface area contributed by atoms with Crippen LogP contribution in [-0.2, 0) is 11.2 Å². The Morgan fingerprint density at radius 3 is 2.75 bits per heavy atom. The van der Waals surface area contributed by atoms with E-state index in [-0.39, 0.29) is 11.2 Å². The molecular formula is C20H21NO2S. The molecule has 4 heteroatoms. The molecule has 1 heterocycles. The summed E-state index contributed by atoms with van der Waals surface area (Å²) in [6, 6.07) is 16.0. The molecule has 2 aromatic carbocycles. The van der Waals surface area contributed by atoms with E-state index in [0.29, 0.717) is 6.10 Å². The highest BCUT2D eigenvalue weighted by molar-refractivity contribution is 8.01. The van der Waals surface area contributed by atoms with E-state index in [1.165, 1.54) is 23.3 Å². The molecule has 2 aromatic rings. The number of amides is 1. The molecule has 1 atom stereocenters. The van der Waals surface area contributed by atoms with Gasteiger partial charge in [0.2, 0.25) is 5.91 Å². The minimum absolute atomic E-state index is 0.0539. The van der Waals surface area contributed by atoms with Gasteiger partial charge in [0.15, 0.2) is 0 Å². The first-order valence-corrected chi connectivity index (χ1v) is 9.48. The van der Waals surface area contributed by atoms with Crippen LogP contribution < -0.4 is 10.1 Å². The third kappa shape index (κ3) is 3.44. The summed E-state index contributed by atoms with van der Waals surface area (Å²) in [7, 11) is 0. The van der Waals surface area contributed by atoms with Gasteiger partial charge in [0.25, 0.3) is 0 Å². The average Bonchev–Trinajstić information content (AvgIpc) is 3.24. The second-order valence-electron chi connectivity index (χ2n) is 6.46. The summed E-state index contributed by atoms with van der Waals surface area (Å²) in [6.07, 6.45) is 5.89. The van der Waals surface area contributed by atoms with Crippen molar-refractivity contribution in [3.63, 3.8) is 0 Å². The third-order valence-electron chi connectivity index (χ3n) is 4.65. The second-order valence-corrected chi connectivity index (χ2v) is 7.70. The van der Waals surface area contributed by atoms with E-state index >= 15 is 0 Å². The molecule has 3 nitrogen and oxygen atoms in total. The average molecular weight is 339 g/mol. The fraction of sp³-hybridized carbons (Fsp3) is 0.350. The molecule has 4 rings (SSSR count). The maximum absolute atomic E-state index is 12.6. The van der Waals surface area contributed by atoms with Crippen molar-refractivity contribution >= 4 is 23.4 Å². The van der Waals surface area contributed by atoms with Crippen LogP contribution in [0.25, 0.3) is 0 Å². The Bertz CT molecular complexity index is 715. The third-order valence-corrected chi connectivity index (χ3v) is 5.96. The van der Waals surface area contributed by atoms with Gasteiger partial charge in [0, 0.05) is 16.6 Å². The zero-order valence-corrected chi connectivity index (χ0v) is 14.4. The van der Waals surface area contributed by atoms with Gasteiger partial charge >= 0.3 is 0 Å². The van der Waals surface area contributed by atoms with E-state index in [9.17, 15) is 4.79 Å². The number of anilines is 1. The summed E-state index contributed by atoms with van der Waals surface area (Å²) in [5, 5.41) is 2.99. The van der Waals surface area contributed by atoms with E-state index < -0.39 is 0 Å². The number of fused-ring (bicyclic) bond motifs is 1. The van der Waals surface area contributed by atoms with Crippen LogP contribution in [0, 0.1) is 0 Å². The van der Waals surface area contributed by atoms with Gasteiger partial charge in [-0.15, -0.1) is 11.8 Å². The first-order valence-electron chi connectivity index (χ1n) is 8.60. The Morgan fingerprint density at radius 2 is 1.92 bits per heavy atom. The number of carbonyl (C=O) groups is 1. The van der Waals surface area contributed by atoms with E-state index in [4.69, 9.17) is 4.74 Å². The van der Waals surface area contributed by atoms with Crippen molar-refractivity contribution in [1.82, 2.24) is 0 Å². The van der Waals surface area contributed by atoms with Crippen LogP contribution in [-0.4, -0.2) is 17.3 Å². The normalized spacial score (nSPS) is 19.9. The summed E-state index contributed by atoms with van der Waals surface area (Å²) in [6.45, 7) is 0. The number of hydrogen-bond acceptors (Lipinski definition) is 3. The quantitative estimate of drug-likeness (QED) is 0.880. The first kappa shape index (κ1) is 15.6. The van der Waals surface area contributed by atoms with Crippen molar-refractivity contribution < 1.29 is 9.53 Å². The second kappa shape index (κ2) is 6.89. The van der Waals surface area contributed by atoms with E-state index in [0.717, 1.165) is 30.7 Å². The number of nitrogens with one attached hydrogen (secondary N) is 1. The van der Waals surface area contributed by atoms with Crippen molar-refractivity contribution in [2.24, 2.45) is 0 Å². The predicted octanol–water partition coefficient (Wildman–Crippen LogP) is 4.66. The highest BCUT2D eigenvalue weighted by Gasteiger charge is 2.28. The van der Waals surface area contributed by atoms with Crippen LogP contribution in [0.5, 0.6) is 5.75 Å². The summed E-state index contributed by atoms with van der Waals surface area (Å²) < 4.78 is 6.02. The zero-order valence-electron chi connectivity index (χ0n) is 13.5. The molecule has 1 aliphatic carbocycles. The van der Waals surface area contributed by atoms with Gasteiger partial charge in [0.05, 0.1) is 11.4 Å². The molecule has 0 spiro atoms. The smallest absolute Gasteiger partial charge is 0.238 e. The monoisotopic (exact) mass is 339 g/mol. The van der Waals surface area contributed by atoms with Crippen molar-refractivity contribution in [2.45, 2.75) is 48.4 Å². The molecule has 1 N–H and O–H groups in total. The fourth-order valence-electron chi connectivity index (χ4n) is 3.40. The Morgan fingerprint density at radius 1 is 1.08 bits per heavy atom. The van der Waals surface area contributed by atoms with Crippen molar-refractivity contribution in [3.05, 3.63) is 54.1 Å². The van der Waals surface area contributed by atoms with Gasteiger partial charge in [0.1, 0.15) is 5.75 Å². The number of rotatable bonds is 4. The summed E-state index contributed by atoms with van der Waals surface area (Å²) in [4.78, 5) is 13.8. The molecule has 124 valence electrons. The van der Waals surface area contributed by atoms with Gasteiger partial charge in [-0.25, -0.2) is 0 Å². The maximum atomic E-state index is 12.6. The maximum Gasteiger partial charge on any atom is 0.238 e. The molecule has 1 saturated carbocycles. The molecular weight excluding hydrogens is 318 g/mol. The molecule has 1 fully saturated rings. The Balaban J connectivity index is 1.39. The zero-order chi connectivity index (χ0) is 16.4. The summed E-state index contributed by atoms with van der Waals surface area (Å²) in [5.74, 6) is 0.913. The molecule has 1 unspecified atom stereocenters. The fourth-order valence-corrected chi connectivity index (χ4v) is 4.59. The lowest BCUT2D eigenvalue weighted by Gasteiger charge is -2.15. The van der Waals surface area contributed by atoms with E-state index in [1.54, 1.807) is 11.8 Å². The van der Waals surface area contributed by atoms with Crippen LogP contribution in [0.2, 0.25) is 0 Å². The van der Waals surface area contributed by atoms with Crippen molar-refractivity contribution in [2.75, 3.05) is 5.32 Å². The molecule has 0 radical (unpaired) electrons. The Hall–Kier alpha value is -1.94. The lowest BCUT2D eigenvalue weighted by molar-refractivity contribution is -0.115. The summed E-state index contributed by atoms with van der Waals surface area (Å²) >= 11 is 1.65. The molecule has 0 bridgehead atoms. The first-order chi connectivity index (χ1) is 11.8. The highest BCUT2D eigenvalue weighted by atomic mass is 32.2. The lowest BCUT2D eigenvalue weighted by atomic mass is 10.1. The molecule has 24 heavy (non-hydrogen) atoms. The molecule has 1 aliphatic heterocycles. The van der Waals surface area contributed by atoms with Crippen LogP contribution in [0.1, 0.15) is 31.2 Å². The minimum atomic E-state index is -0.0539. The van der Waals surface area contributed by atoms with Crippen LogP contribution in [0.4, 0.5) is 5.69 Å². The van der Waals surface area contributed by atoms with Crippen LogP contribution in [0.15, 0.2) is 53.4 Å².